The maximum absolute atomic E-state index is 8.54. The molecule has 15 nitrogen and oxygen atoms in total. The van der Waals surface area contributed by atoms with Gasteiger partial charge in [-0.3, -0.25) is 0 Å². The molecule has 18 heteroatoms. The van der Waals surface area contributed by atoms with Crippen LogP contribution in [0, 0.1) is 0 Å². The average molecular weight is 748 g/mol. The zero-order chi connectivity index (χ0) is 29.0. The maximum atomic E-state index is 8.54. The Hall–Kier alpha value is 1.57. The van der Waals surface area contributed by atoms with Crippen molar-refractivity contribution in [3.63, 3.8) is 0 Å². The summed E-state index contributed by atoms with van der Waals surface area (Å²) in [6.07, 6.45) is 0. The van der Waals surface area contributed by atoms with Crippen LogP contribution in [0.15, 0.2) is 0 Å². The first-order valence-electron chi connectivity index (χ1n) is 13.4. The van der Waals surface area contributed by atoms with E-state index in [2.05, 4.69) is 0 Å². The van der Waals surface area contributed by atoms with Crippen molar-refractivity contribution in [1.82, 2.24) is 0 Å². The molecule has 0 radical (unpaired) electrons. The first-order chi connectivity index (χ1) is 19.7. The fraction of sp³-hybridized carbons (Fsp3) is 1.00. The molecule has 248 valence electrons. The van der Waals surface area contributed by atoms with Crippen molar-refractivity contribution in [2.45, 2.75) is 0 Å². The van der Waals surface area contributed by atoms with Gasteiger partial charge in [-0.25, -0.2) is 0 Å². The second-order valence-corrected chi connectivity index (χ2v) is 8.19. The van der Waals surface area contributed by atoms with Crippen molar-refractivity contribution in [2.24, 2.45) is 0 Å². The first-order valence-corrected chi connectivity index (χ1v) is 15.0. The number of hydrogen-bond acceptors (Lipinski definition) is 15. The summed E-state index contributed by atoms with van der Waals surface area (Å²) in [5.41, 5.74) is 0. The van der Waals surface area contributed by atoms with Gasteiger partial charge in [0, 0.05) is 0 Å². The SMILES string of the molecule is C1COCCOCCOCCOCCOCCO1.C1COCCOCCOCCOCCOCCO1.[Br-].[K+].[O]=[Cr](=[O])=[O]. The van der Waals surface area contributed by atoms with Gasteiger partial charge in [-0.15, -0.1) is 0 Å². The fourth-order valence-electron chi connectivity index (χ4n) is 2.64. The van der Waals surface area contributed by atoms with Crippen LogP contribution < -0.4 is 68.4 Å². The molecule has 0 unspecified atom stereocenters. The van der Waals surface area contributed by atoms with Crippen LogP contribution in [-0.2, 0) is 82.2 Å². The van der Waals surface area contributed by atoms with Gasteiger partial charge < -0.3 is 73.8 Å². The van der Waals surface area contributed by atoms with E-state index in [1.165, 1.54) is 0 Å². The summed E-state index contributed by atoms with van der Waals surface area (Å²) < 4.78 is 89.6. The molecule has 0 aromatic rings. The van der Waals surface area contributed by atoms with E-state index in [9.17, 15) is 0 Å². The summed E-state index contributed by atoms with van der Waals surface area (Å²) in [5.74, 6) is 0. The molecule has 0 amide bonds. The molecular formula is C24H48BrCrKO15. The molecule has 0 aromatic heterocycles. The Morgan fingerprint density at radius 1 is 0.238 bits per heavy atom. The van der Waals surface area contributed by atoms with E-state index in [0.29, 0.717) is 159 Å². The molecule has 0 bridgehead atoms. The predicted octanol–water partition coefficient (Wildman–Crippen LogP) is -6.15. The molecule has 2 fully saturated rings. The molecule has 2 rings (SSSR count). The van der Waals surface area contributed by atoms with E-state index in [0.717, 1.165) is 0 Å². The van der Waals surface area contributed by atoms with Crippen molar-refractivity contribution < 1.29 is 151 Å². The number of rotatable bonds is 0. The minimum atomic E-state index is -3.79. The van der Waals surface area contributed by atoms with Crippen LogP contribution in [0.4, 0.5) is 0 Å². The molecule has 42 heavy (non-hydrogen) atoms. The zero-order valence-corrected chi connectivity index (χ0v) is 30.9. The fourth-order valence-corrected chi connectivity index (χ4v) is 2.64. The monoisotopic (exact) mass is 746 g/mol. The van der Waals surface area contributed by atoms with Crippen molar-refractivity contribution >= 4 is 0 Å². The van der Waals surface area contributed by atoms with Gasteiger partial charge in [-0.05, 0) is 0 Å². The summed E-state index contributed by atoms with van der Waals surface area (Å²) in [6, 6.07) is 0. The van der Waals surface area contributed by atoms with Gasteiger partial charge in [0.05, 0.1) is 159 Å². The van der Waals surface area contributed by atoms with Gasteiger partial charge in [0.15, 0.2) is 0 Å². The molecule has 0 aliphatic carbocycles. The topological polar surface area (TPSA) is 162 Å². The Morgan fingerprint density at radius 3 is 0.333 bits per heavy atom. The van der Waals surface area contributed by atoms with Crippen LogP contribution >= 0.6 is 0 Å². The van der Waals surface area contributed by atoms with E-state index in [1.54, 1.807) is 0 Å². The van der Waals surface area contributed by atoms with Gasteiger partial charge in [-0.1, -0.05) is 0 Å². The van der Waals surface area contributed by atoms with E-state index < -0.39 is 14.0 Å². The first kappa shape index (κ1) is 48.0. The van der Waals surface area contributed by atoms with Gasteiger partial charge in [0.2, 0.25) is 0 Å². The number of hydrogen-bond donors (Lipinski definition) is 0. The van der Waals surface area contributed by atoms with Crippen molar-refractivity contribution in [3.8, 4) is 0 Å². The molecule has 0 N–H and O–H groups in total. The van der Waals surface area contributed by atoms with Crippen LogP contribution in [0.3, 0.4) is 0 Å². The summed E-state index contributed by atoms with van der Waals surface area (Å²) in [7, 11) is 0. The van der Waals surface area contributed by atoms with E-state index >= 15 is 0 Å². The predicted molar refractivity (Wildman–Crippen MR) is 132 cm³/mol. The molecule has 0 atom stereocenters. The van der Waals surface area contributed by atoms with Crippen LogP contribution in [-0.4, -0.2) is 159 Å². The summed E-state index contributed by atoms with van der Waals surface area (Å²) in [4.78, 5) is 0. The second-order valence-electron chi connectivity index (χ2n) is 7.55. The molecule has 2 heterocycles. The minimum absolute atomic E-state index is 0. The molecule has 2 aliphatic rings. The van der Waals surface area contributed by atoms with Crippen LogP contribution in [0.25, 0.3) is 0 Å². The van der Waals surface area contributed by atoms with Crippen molar-refractivity contribution in [1.29, 1.82) is 0 Å². The summed E-state index contributed by atoms with van der Waals surface area (Å²) in [6.45, 7) is 14.1. The number of ether oxygens (including phenoxy) is 12. The summed E-state index contributed by atoms with van der Waals surface area (Å²) in [5, 5.41) is 0. The van der Waals surface area contributed by atoms with Gasteiger partial charge >= 0.3 is 76.7 Å². The third-order valence-corrected chi connectivity index (χ3v) is 4.46. The Morgan fingerprint density at radius 2 is 0.286 bits per heavy atom. The Bertz CT molecular complexity index is 403. The Balaban J connectivity index is -0.000000616. The van der Waals surface area contributed by atoms with Crippen molar-refractivity contribution in [3.05, 3.63) is 0 Å². The third kappa shape index (κ3) is 48.5. The Kier molecular flexibility index (Phi) is 51.0. The standard InChI is InChI=1S/2C12H24O6.BrH.Cr.K.3O/c2*1-2-14-5-6-16-9-10-18-12-11-17-8-7-15-4-3-13-1;;;;;;/h2*1-12H2;1H;;;;;/q;;;;+1;;;/p-1. The Labute approximate surface area is 306 Å². The number of halogens is 1. The van der Waals surface area contributed by atoms with E-state index in [4.69, 9.17) is 68.3 Å². The van der Waals surface area contributed by atoms with Crippen LogP contribution in [0.1, 0.15) is 0 Å². The quantitative estimate of drug-likeness (QED) is 0.215. The second kappa shape index (κ2) is 44.7. The van der Waals surface area contributed by atoms with Crippen LogP contribution in [0.2, 0.25) is 0 Å². The molecule has 0 spiro atoms. The van der Waals surface area contributed by atoms with E-state index in [-0.39, 0.29) is 68.4 Å². The zero-order valence-electron chi connectivity index (χ0n) is 24.9. The summed E-state index contributed by atoms with van der Waals surface area (Å²) >= 11 is -3.79. The van der Waals surface area contributed by atoms with Gasteiger partial charge in [-0.2, -0.15) is 0 Å². The van der Waals surface area contributed by atoms with E-state index in [1.807, 2.05) is 0 Å². The van der Waals surface area contributed by atoms with Gasteiger partial charge in [0.25, 0.3) is 0 Å². The van der Waals surface area contributed by atoms with Crippen molar-refractivity contribution in [2.75, 3.05) is 159 Å². The third-order valence-electron chi connectivity index (χ3n) is 4.46. The normalized spacial score (nSPS) is 21.1. The average Bonchev–Trinajstić information content (AvgIpc) is 2.93. The van der Waals surface area contributed by atoms with Crippen LogP contribution in [0.5, 0.6) is 0 Å². The van der Waals surface area contributed by atoms with Gasteiger partial charge in [0.1, 0.15) is 0 Å². The molecule has 0 saturated carbocycles. The molecular weight excluding hydrogens is 699 g/mol. The molecule has 0 aromatic carbocycles. The molecule has 2 saturated heterocycles. The molecule has 2 aliphatic heterocycles.